The van der Waals surface area contributed by atoms with Crippen LogP contribution in [0.2, 0.25) is 0 Å². The second-order valence-electron chi connectivity index (χ2n) is 7.12. The van der Waals surface area contributed by atoms with E-state index in [4.69, 9.17) is 4.74 Å². The molecule has 1 aromatic rings. The number of nitrogens with one attached hydrogen (secondary N) is 3. The first-order chi connectivity index (χ1) is 11.5. The topological polar surface area (TPSA) is 62.4 Å². The van der Waals surface area contributed by atoms with E-state index in [1.54, 1.807) is 6.07 Å². The fourth-order valence-electron chi connectivity index (χ4n) is 3.51. The average Bonchev–Trinajstić information content (AvgIpc) is 3.06. The van der Waals surface area contributed by atoms with Crippen LogP contribution in [0, 0.1) is 11.7 Å². The number of carbonyl (C=O) groups is 1. The zero-order chi connectivity index (χ0) is 17.2. The predicted octanol–water partition coefficient (Wildman–Crippen LogP) is 1.84. The molecule has 6 heteroatoms. The van der Waals surface area contributed by atoms with E-state index in [1.165, 1.54) is 12.1 Å². The van der Waals surface area contributed by atoms with Crippen molar-refractivity contribution in [2.45, 2.75) is 50.7 Å². The Bertz CT molecular complexity index is 587. The maximum Gasteiger partial charge on any atom is 0.239 e. The molecule has 24 heavy (non-hydrogen) atoms. The van der Waals surface area contributed by atoms with Gasteiger partial charge in [0.1, 0.15) is 11.9 Å². The van der Waals surface area contributed by atoms with E-state index in [0.29, 0.717) is 32.0 Å². The SMILES string of the molecule is CC(C)C1CC(C(=O)NC2(c3cccc(F)c3)CCOCC2)NN1. The highest BCUT2D eigenvalue weighted by Crippen LogP contribution is 2.33. The van der Waals surface area contributed by atoms with E-state index in [-0.39, 0.29) is 23.8 Å². The third-order valence-electron chi connectivity index (χ3n) is 5.14. The lowest BCUT2D eigenvalue weighted by atomic mass is 9.82. The van der Waals surface area contributed by atoms with Gasteiger partial charge in [-0.05, 0) is 42.9 Å². The number of hydrazine groups is 1. The maximum atomic E-state index is 13.7. The molecule has 2 fully saturated rings. The molecule has 2 atom stereocenters. The van der Waals surface area contributed by atoms with E-state index < -0.39 is 5.54 Å². The number of hydrogen-bond acceptors (Lipinski definition) is 4. The molecule has 3 rings (SSSR count). The van der Waals surface area contributed by atoms with Crippen LogP contribution in [0.1, 0.15) is 38.7 Å². The molecular weight excluding hydrogens is 309 g/mol. The highest BCUT2D eigenvalue weighted by Gasteiger charge is 2.39. The second kappa shape index (κ2) is 7.17. The van der Waals surface area contributed by atoms with Crippen molar-refractivity contribution >= 4 is 5.91 Å². The van der Waals surface area contributed by atoms with Crippen LogP contribution >= 0.6 is 0 Å². The number of rotatable bonds is 4. The summed E-state index contributed by atoms with van der Waals surface area (Å²) in [6.45, 7) is 5.38. The fourth-order valence-corrected chi connectivity index (χ4v) is 3.51. The minimum Gasteiger partial charge on any atom is -0.381 e. The van der Waals surface area contributed by atoms with Gasteiger partial charge in [0.15, 0.2) is 0 Å². The molecule has 2 heterocycles. The largest absolute Gasteiger partial charge is 0.381 e. The maximum absolute atomic E-state index is 13.7. The van der Waals surface area contributed by atoms with Gasteiger partial charge in [0.25, 0.3) is 0 Å². The summed E-state index contributed by atoms with van der Waals surface area (Å²) in [7, 11) is 0. The Morgan fingerprint density at radius 2 is 2.08 bits per heavy atom. The van der Waals surface area contributed by atoms with Gasteiger partial charge in [-0.3, -0.25) is 10.2 Å². The lowest BCUT2D eigenvalue weighted by Crippen LogP contribution is -2.54. The Balaban J connectivity index is 1.76. The van der Waals surface area contributed by atoms with Gasteiger partial charge in [-0.25, -0.2) is 9.82 Å². The fraction of sp³-hybridized carbons (Fsp3) is 0.611. The van der Waals surface area contributed by atoms with Gasteiger partial charge in [-0.1, -0.05) is 26.0 Å². The van der Waals surface area contributed by atoms with Crippen molar-refractivity contribution in [2.24, 2.45) is 5.92 Å². The zero-order valence-corrected chi connectivity index (χ0v) is 14.3. The Morgan fingerprint density at radius 1 is 1.33 bits per heavy atom. The molecule has 2 aliphatic heterocycles. The highest BCUT2D eigenvalue weighted by molar-refractivity contribution is 5.83. The smallest absolute Gasteiger partial charge is 0.239 e. The third-order valence-corrected chi connectivity index (χ3v) is 5.14. The van der Waals surface area contributed by atoms with Crippen molar-refractivity contribution in [3.8, 4) is 0 Å². The molecular formula is C18H26FN3O2. The molecule has 132 valence electrons. The standard InChI is InChI=1S/C18H26FN3O2/c1-12(2)15-11-16(22-21-15)17(23)20-18(6-8-24-9-7-18)13-4-3-5-14(19)10-13/h3-5,10,12,15-16,21-22H,6-9,11H2,1-2H3,(H,20,23). The van der Waals surface area contributed by atoms with Gasteiger partial charge < -0.3 is 10.1 Å². The highest BCUT2D eigenvalue weighted by atomic mass is 19.1. The van der Waals surface area contributed by atoms with Crippen molar-refractivity contribution in [2.75, 3.05) is 13.2 Å². The predicted molar refractivity (Wildman–Crippen MR) is 89.6 cm³/mol. The summed E-state index contributed by atoms with van der Waals surface area (Å²) in [6.07, 6.45) is 2.05. The Morgan fingerprint density at radius 3 is 2.71 bits per heavy atom. The van der Waals surface area contributed by atoms with E-state index >= 15 is 0 Å². The van der Waals surface area contributed by atoms with Crippen LogP contribution in [0.5, 0.6) is 0 Å². The molecule has 0 saturated carbocycles. The quantitative estimate of drug-likeness (QED) is 0.786. The lowest BCUT2D eigenvalue weighted by Gasteiger charge is -2.39. The Labute approximate surface area is 142 Å². The Hall–Kier alpha value is -1.50. The molecule has 5 nitrogen and oxygen atoms in total. The number of benzene rings is 1. The average molecular weight is 335 g/mol. The van der Waals surface area contributed by atoms with E-state index in [9.17, 15) is 9.18 Å². The van der Waals surface area contributed by atoms with E-state index in [1.807, 2.05) is 6.07 Å². The van der Waals surface area contributed by atoms with Crippen molar-refractivity contribution in [1.82, 2.24) is 16.2 Å². The summed E-state index contributed by atoms with van der Waals surface area (Å²) in [6, 6.07) is 6.52. The van der Waals surface area contributed by atoms with Gasteiger partial charge in [0, 0.05) is 19.3 Å². The first-order valence-corrected chi connectivity index (χ1v) is 8.67. The van der Waals surface area contributed by atoms with Crippen LogP contribution < -0.4 is 16.2 Å². The van der Waals surface area contributed by atoms with Gasteiger partial charge in [0.05, 0.1) is 5.54 Å². The van der Waals surface area contributed by atoms with E-state index in [2.05, 4.69) is 30.0 Å². The summed E-state index contributed by atoms with van der Waals surface area (Å²) in [5, 5.41) is 3.19. The first kappa shape index (κ1) is 17.3. The van der Waals surface area contributed by atoms with Crippen LogP contribution in [-0.2, 0) is 15.1 Å². The van der Waals surface area contributed by atoms with Crippen molar-refractivity contribution in [1.29, 1.82) is 0 Å². The van der Waals surface area contributed by atoms with Crippen LogP contribution in [0.25, 0.3) is 0 Å². The van der Waals surface area contributed by atoms with E-state index in [0.717, 1.165) is 12.0 Å². The molecule has 0 aliphatic carbocycles. The number of amides is 1. The first-order valence-electron chi connectivity index (χ1n) is 8.67. The lowest BCUT2D eigenvalue weighted by molar-refractivity contribution is -0.126. The molecule has 0 spiro atoms. The molecule has 2 saturated heterocycles. The van der Waals surface area contributed by atoms with Crippen molar-refractivity contribution in [3.05, 3.63) is 35.6 Å². The molecule has 3 N–H and O–H groups in total. The van der Waals surface area contributed by atoms with Crippen LogP contribution in [-0.4, -0.2) is 31.2 Å². The summed E-state index contributed by atoms with van der Waals surface area (Å²) < 4.78 is 19.2. The molecule has 0 bridgehead atoms. The zero-order valence-electron chi connectivity index (χ0n) is 14.3. The molecule has 0 aromatic heterocycles. The summed E-state index contributed by atoms with van der Waals surface area (Å²) >= 11 is 0. The molecule has 1 amide bonds. The third kappa shape index (κ3) is 3.61. The van der Waals surface area contributed by atoms with Crippen LogP contribution in [0.3, 0.4) is 0 Å². The summed E-state index contributed by atoms with van der Waals surface area (Å²) in [5.74, 6) is 0.125. The minimum absolute atomic E-state index is 0.0446. The van der Waals surface area contributed by atoms with Crippen molar-refractivity contribution in [3.63, 3.8) is 0 Å². The van der Waals surface area contributed by atoms with Crippen molar-refractivity contribution < 1.29 is 13.9 Å². The number of hydrogen-bond donors (Lipinski definition) is 3. The van der Waals surface area contributed by atoms with Crippen LogP contribution in [0.4, 0.5) is 4.39 Å². The molecule has 1 aromatic carbocycles. The molecule has 2 aliphatic rings. The monoisotopic (exact) mass is 335 g/mol. The normalized spacial score (nSPS) is 26.5. The number of halogens is 1. The Kier molecular flexibility index (Phi) is 5.18. The van der Waals surface area contributed by atoms with Gasteiger partial charge in [0.2, 0.25) is 5.91 Å². The molecule has 2 unspecified atom stereocenters. The van der Waals surface area contributed by atoms with Gasteiger partial charge in [-0.15, -0.1) is 0 Å². The number of ether oxygens (including phenoxy) is 1. The second-order valence-corrected chi connectivity index (χ2v) is 7.12. The summed E-state index contributed by atoms with van der Waals surface area (Å²) in [5.41, 5.74) is 6.53. The van der Waals surface area contributed by atoms with Crippen LogP contribution in [0.15, 0.2) is 24.3 Å². The summed E-state index contributed by atoms with van der Waals surface area (Å²) in [4.78, 5) is 12.8. The number of carbonyl (C=O) groups excluding carboxylic acids is 1. The minimum atomic E-state index is -0.560. The molecule has 0 radical (unpaired) electrons. The van der Waals surface area contributed by atoms with Gasteiger partial charge >= 0.3 is 0 Å². The van der Waals surface area contributed by atoms with Gasteiger partial charge in [-0.2, -0.15) is 0 Å².